The van der Waals surface area contributed by atoms with Gasteiger partial charge in [0.05, 0.1) is 6.54 Å². The highest BCUT2D eigenvalue weighted by molar-refractivity contribution is 7.83. The molecule has 0 amide bonds. The maximum absolute atomic E-state index is 8.50. The number of nitrogens with one attached hydrogen (secondary N) is 1. The Hall–Kier alpha value is -0.550. The Bertz CT molecular complexity index is 216. The molecular formula is C8H12NO2S+. The van der Waals surface area contributed by atoms with Crippen LogP contribution in [-0.4, -0.2) is 15.7 Å². The van der Waals surface area contributed by atoms with Gasteiger partial charge >= 0.3 is 11.6 Å². The van der Waals surface area contributed by atoms with Gasteiger partial charge in [-0.1, -0.05) is 35.1 Å². The maximum Gasteiger partial charge on any atom is 0.416 e. The molecule has 0 aromatic heterocycles. The summed E-state index contributed by atoms with van der Waals surface area (Å²) in [5.74, 6) is 0. The van der Waals surface area contributed by atoms with Crippen molar-refractivity contribution >= 4 is 11.6 Å². The first-order chi connectivity index (χ1) is 5.79. The normalized spacial score (nSPS) is 10.6. The van der Waals surface area contributed by atoms with Gasteiger partial charge in [-0.25, -0.2) is 0 Å². The van der Waals surface area contributed by atoms with E-state index in [-0.39, 0.29) is 0 Å². The predicted molar refractivity (Wildman–Crippen MR) is 50.8 cm³/mol. The third-order valence-electron chi connectivity index (χ3n) is 1.49. The zero-order valence-electron chi connectivity index (χ0n) is 6.60. The Morgan fingerprint density at radius 3 is 2.42 bits per heavy atom. The van der Waals surface area contributed by atoms with Crippen molar-refractivity contribution in [3.8, 4) is 0 Å². The van der Waals surface area contributed by atoms with Crippen molar-refractivity contribution in [3.63, 3.8) is 0 Å². The topological polar surface area (TPSA) is 52.5 Å². The molecule has 0 radical (unpaired) electrons. The molecule has 0 bridgehead atoms. The van der Waals surface area contributed by atoms with Crippen LogP contribution in [0.5, 0.6) is 0 Å². The van der Waals surface area contributed by atoms with Crippen LogP contribution in [0.1, 0.15) is 5.56 Å². The Balaban J connectivity index is 2.25. The summed E-state index contributed by atoms with van der Waals surface area (Å²) in [5, 5.41) is 0. The van der Waals surface area contributed by atoms with E-state index in [2.05, 4.69) is 4.72 Å². The Morgan fingerprint density at radius 2 is 1.83 bits per heavy atom. The second-order valence-corrected chi connectivity index (χ2v) is 3.21. The van der Waals surface area contributed by atoms with Crippen molar-refractivity contribution in [3.05, 3.63) is 35.9 Å². The van der Waals surface area contributed by atoms with Gasteiger partial charge in [-0.2, -0.15) is 0 Å². The third-order valence-corrected chi connectivity index (χ3v) is 1.95. The molecule has 1 aromatic rings. The molecule has 0 aliphatic rings. The van der Waals surface area contributed by atoms with E-state index < -0.39 is 11.6 Å². The fourth-order valence-electron chi connectivity index (χ4n) is 0.931. The molecule has 0 spiro atoms. The van der Waals surface area contributed by atoms with Crippen LogP contribution in [0.4, 0.5) is 0 Å². The average Bonchev–Trinajstić information content (AvgIpc) is 2.05. The minimum Gasteiger partial charge on any atom is -0.136 e. The molecule has 12 heavy (non-hydrogen) atoms. The summed E-state index contributed by atoms with van der Waals surface area (Å²) in [6.07, 6.45) is 0.811. The summed E-state index contributed by atoms with van der Waals surface area (Å²) in [5.41, 5.74) is 1.19. The van der Waals surface area contributed by atoms with E-state index in [0.29, 0.717) is 6.54 Å². The molecule has 0 fully saturated rings. The summed E-state index contributed by atoms with van der Waals surface area (Å²) in [6, 6.07) is 9.91. The molecule has 1 rings (SSSR count). The van der Waals surface area contributed by atoms with Crippen molar-refractivity contribution in [1.29, 1.82) is 0 Å². The number of rotatable bonds is 4. The lowest BCUT2D eigenvalue weighted by Crippen LogP contribution is -2.24. The molecular weight excluding hydrogens is 174 g/mol. The monoisotopic (exact) mass is 186 g/mol. The molecule has 0 aliphatic heterocycles. The summed E-state index contributed by atoms with van der Waals surface area (Å²) >= 11 is -1.64. The highest BCUT2D eigenvalue weighted by Gasteiger charge is 2.07. The fraction of sp³-hybridized carbons (Fsp3) is 0.250. The van der Waals surface area contributed by atoms with Crippen molar-refractivity contribution in [2.45, 2.75) is 6.42 Å². The van der Waals surface area contributed by atoms with E-state index in [4.69, 9.17) is 9.11 Å². The molecule has 0 unspecified atom stereocenters. The number of hydrogen-bond acceptors (Lipinski definition) is 3. The third kappa shape index (κ3) is 3.73. The van der Waals surface area contributed by atoms with Crippen molar-refractivity contribution in [2.75, 3.05) is 6.54 Å². The van der Waals surface area contributed by atoms with Crippen LogP contribution in [0.25, 0.3) is 0 Å². The Kier molecular flexibility index (Phi) is 4.10. The van der Waals surface area contributed by atoms with Gasteiger partial charge in [0.2, 0.25) is 0 Å². The summed E-state index contributed by atoms with van der Waals surface area (Å²) < 4.78 is 19.5. The molecule has 0 aliphatic carbocycles. The van der Waals surface area contributed by atoms with Gasteiger partial charge in [0.1, 0.15) is 0 Å². The average molecular weight is 186 g/mol. The second kappa shape index (κ2) is 5.16. The van der Waals surface area contributed by atoms with E-state index in [0.717, 1.165) is 6.42 Å². The van der Waals surface area contributed by atoms with Crippen LogP contribution < -0.4 is 4.72 Å². The van der Waals surface area contributed by atoms with Crippen LogP contribution in [0.15, 0.2) is 30.3 Å². The Labute approximate surface area is 74.9 Å². The van der Waals surface area contributed by atoms with Crippen molar-refractivity contribution < 1.29 is 9.11 Å². The lowest BCUT2D eigenvalue weighted by molar-refractivity contribution is 0.489. The zero-order chi connectivity index (χ0) is 8.81. The second-order valence-electron chi connectivity index (χ2n) is 2.39. The molecule has 0 saturated heterocycles. The van der Waals surface area contributed by atoms with Gasteiger partial charge in [0.15, 0.2) is 0 Å². The highest BCUT2D eigenvalue weighted by Crippen LogP contribution is 1.98. The lowest BCUT2D eigenvalue weighted by Gasteiger charge is -1.97. The first kappa shape index (κ1) is 9.54. The van der Waals surface area contributed by atoms with Crippen LogP contribution in [0, 0.1) is 0 Å². The SMILES string of the molecule is O[S+](O)NCCc1ccccc1. The smallest absolute Gasteiger partial charge is 0.136 e. The maximum atomic E-state index is 8.50. The van der Waals surface area contributed by atoms with Crippen LogP contribution in [-0.2, 0) is 18.1 Å². The van der Waals surface area contributed by atoms with E-state index in [1.54, 1.807) is 0 Å². The molecule has 66 valence electrons. The summed E-state index contributed by atoms with van der Waals surface area (Å²) in [4.78, 5) is 0. The van der Waals surface area contributed by atoms with Gasteiger partial charge in [0.25, 0.3) is 0 Å². The van der Waals surface area contributed by atoms with Crippen LogP contribution in [0.3, 0.4) is 0 Å². The molecule has 4 heteroatoms. The standard InChI is InChI=1S/C8H12NO2S/c10-12(11)9-7-6-8-4-2-1-3-5-8/h1-5,9-11H,6-7H2/q+1. The van der Waals surface area contributed by atoms with Crippen molar-refractivity contribution in [2.24, 2.45) is 0 Å². The van der Waals surface area contributed by atoms with Crippen molar-refractivity contribution in [1.82, 2.24) is 4.72 Å². The minimum absolute atomic E-state index is 0.583. The molecule has 3 nitrogen and oxygen atoms in total. The summed E-state index contributed by atoms with van der Waals surface area (Å²) in [6.45, 7) is 0.583. The van der Waals surface area contributed by atoms with E-state index >= 15 is 0 Å². The predicted octanol–water partition coefficient (Wildman–Crippen LogP) is 1.30. The highest BCUT2D eigenvalue weighted by atomic mass is 32.2. The Morgan fingerprint density at radius 1 is 1.17 bits per heavy atom. The first-order valence-corrected chi connectivity index (χ1v) is 4.83. The number of benzene rings is 1. The minimum atomic E-state index is -1.64. The van der Waals surface area contributed by atoms with Gasteiger partial charge in [-0.15, -0.1) is 9.11 Å². The number of hydrogen-bond donors (Lipinski definition) is 3. The van der Waals surface area contributed by atoms with Gasteiger partial charge < -0.3 is 0 Å². The first-order valence-electron chi connectivity index (χ1n) is 3.69. The lowest BCUT2D eigenvalue weighted by atomic mass is 10.2. The van der Waals surface area contributed by atoms with Gasteiger partial charge in [-0.05, 0) is 12.0 Å². The molecule has 0 atom stereocenters. The fourth-order valence-corrected chi connectivity index (χ4v) is 1.22. The van der Waals surface area contributed by atoms with Crippen LogP contribution >= 0.6 is 0 Å². The van der Waals surface area contributed by atoms with E-state index in [9.17, 15) is 0 Å². The quantitative estimate of drug-likeness (QED) is 0.621. The molecule has 3 N–H and O–H groups in total. The van der Waals surface area contributed by atoms with Gasteiger partial charge in [-0.3, -0.25) is 0 Å². The molecule has 0 heterocycles. The largest absolute Gasteiger partial charge is 0.416 e. The van der Waals surface area contributed by atoms with Crippen LogP contribution in [0.2, 0.25) is 0 Å². The van der Waals surface area contributed by atoms with E-state index in [1.807, 2.05) is 30.3 Å². The van der Waals surface area contributed by atoms with Gasteiger partial charge in [0, 0.05) is 0 Å². The van der Waals surface area contributed by atoms with E-state index in [1.165, 1.54) is 5.56 Å². The zero-order valence-corrected chi connectivity index (χ0v) is 7.42. The summed E-state index contributed by atoms with van der Waals surface area (Å²) in [7, 11) is 0. The molecule has 1 aromatic carbocycles. The molecule has 0 saturated carbocycles.